The van der Waals surface area contributed by atoms with E-state index in [2.05, 4.69) is 64.9 Å². The number of nitrogens with one attached hydrogen (secondary N) is 2. The molecule has 0 spiro atoms. The van der Waals surface area contributed by atoms with Gasteiger partial charge in [-0.2, -0.15) is 0 Å². The van der Waals surface area contributed by atoms with Crippen LogP contribution < -0.4 is 6.52 Å². The average Bonchev–Trinajstić information content (AvgIpc) is 3.77. The normalized spacial score (nSPS) is 22.6. The minimum atomic E-state index is -6.91. The average molecular weight is 881 g/mol. The van der Waals surface area contributed by atoms with E-state index in [1.165, 1.54) is 0 Å². The first-order valence-electron chi connectivity index (χ1n) is 16.6. The molecule has 2 unspecified atom stereocenters. The summed E-state index contributed by atoms with van der Waals surface area (Å²) in [4.78, 5) is 34.0. The zero-order chi connectivity index (χ0) is 32.5. The topological polar surface area (TPSA) is 64.7 Å². The van der Waals surface area contributed by atoms with E-state index in [-0.39, 0.29) is 36.9 Å². The van der Waals surface area contributed by atoms with E-state index in [9.17, 15) is 9.59 Å². The summed E-state index contributed by atoms with van der Waals surface area (Å²) in [6, 6.07) is 16.7. The Kier molecular flexibility index (Phi) is 9.70. The molecule has 2 amide bonds. The Morgan fingerprint density at radius 3 is 1.30 bits per heavy atom. The number of halogens is 2. The van der Waals surface area contributed by atoms with Crippen LogP contribution in [0.3, 0.4) is 0 Å². The number of carbonyl (C=O) groups excluding carboxylic acids is 2. The van der Waals surface area contributed by atoms with Crippen molar-refractivity contribution in [1.29, 1.82) is 0 Å². The number of benzene rings is 2. The van der Waals surface area contributed by atoms with Crippen LogP contribution in [0.5, 0.6) is 0 Å². The molecule has 2 aromatic rings. The summed E-state index contributed by atoms with van der Waals surface area (Å²) < 4.78 is 5.86. The first-order chi connectivity index (χ1) is 21.0. The molecule has 6 nitrogen and oxygen atoms in total. The first kappa shape index (κ1) is 36.5. The molecule has 2 aliphatic carbocycles. The van der Waals surface area contributed by atoms with Gasteiger partial charge < -0.3 is 0 Å². The summed E-state index contributed by atoms with van der Waals surface area (Å²) in [6.45, 7) is 15.9. The predicted molar refractivity (Wildman–Crippen MR) is 201 cm³/mol. The fraction of sp³-hybridized carbons (Fsp3) is 0.471. The summed E-state index contributed by atoms with van der Waals surface area (Å²) in [5.41, 5.74) is 6.09. The molecule has 0 radical (unpaired) electrons. The first-order valence-corrected chi connectivity index (χ1v) is 35.2. The third-order valence-corrected chi connectivity index (χ3v) is 35.9. The van der Waals surface area contributed by atoms with Crippen LogP contribution in [-0.2, 0) is 15.5 Å². The molecule has 12 heteroatoms. The van der Waals surface area contributed by atoms with E-state index in [0.717, 1.165) is 85.5 Å². The summed E-state index contributed by atoms with van der Waals surface area (Å²) in [5.74, 6) is 0. The van der Waals surface area contributed by atoms with Crippen molar-refractivity contribution in [2.24, 2.45) is 0 Å². The Labute approximate surface area is 301 Å². The Balaban J connectivity index is 0.00000417. The Hall–Kier alpha value is -0.773. The fourth-order valence-corrected chi connectivity index (χ4v) is 38.9. The molecule has 6 rings (SSSR count). The van der Waals surface area contributed by atoms with Crippen LogP contribution >= 0.6 is 17.0 Å². The van der Waals surface area contributed by atoms with Crippen molar-refractivity contribution in [1.82, 2.24) is 16.3 Å². The van der Waals surface area contributed by atoms with E-state index in [1.807, 2.05) is 51.4 Å². The molecule has 2 heterocycles. The quantitative estimate of drug-likeness (QED) is 0.266. The molecule has 2 atom stereocenters. The summed E-state index contributed by atoms with van der Waals surface area (Å²) in [7, 11) is 12.4. The number of hydrogen-bond donors (Lipinski definition) is 2. The van der Waals surface area contributed by atoms with Gasteiger partial charge in [0.25, 0.3) is 0 Å². The maximum atomic E-state index is 14.6. The number of fused-ring (bicyclic) bond motifs is 2. The molecule has 2 saturated heterocycles. The van der Waals surface area contributed by atoms with Crippen molar-refractivity contribution >= 4 is 81.5 Å². The second kappa shape index (κ2) is 12.2. The van der Waals surface area contributed by atoms with Crippen molar-refractivity contribution in [3.63, 3.8) is 0 Å². The van der Waals surface area contributed by atoms with E-state index in [0.29, 0.717) is 0 Å². The molecule has 4 aliphatic rings. The minimum absolute atomic E-state index is 0. The molecule has 2 aromatic carbocycles. The van der Waals surface area contributed by atoms with E-state index < -0.39 is 38.9 Å². The Morgan fingerprint density at radius 2 is 0.978 bits per heavy atom. The van der Waals surface area contributed by atoms with Crippen LogP contribution in [-0.4, -0.2) is 89.0 Å². The number of rotatable bonds is 8. The summed E-state index contributed by atoms with van der Waals surface area (Å²) in [5, 5.41) is 0. The van der Waals surface area contributed by atoms with Gasteiger partial charge in [0, 0.05) is 0 Å². The number of hydrogen-bond acceptors (Lipinski definition) is 4. The van der Waals surface area contributed by atoms with Gasteiger partial charge in [0.05, 0.1) is 0 Å². The molecule has 248 valence electrons. The van der Waals surface area contributed by atoms with Crippen LogP contribution in [0, 0.1) is 0 Å². The maximum absolute atomic E-state index is 14.6. The second-order valence-corrected chi connectivity index (χ2v) is 51.6. The van der Waals surface area contributed by atoms with E-state index >= 15 is 0 Å². The van der Waals surface area contributed by atoms with Crippen molar-refractivity contribution in [2.45, 2.75) is 72.2 Å². The number of amides is 2. The van der Waals surface area contributed by atoms with Crippen molar-refractivity contribution < 1.29 is 25.1 Å². The van der Waals surface area contributed by atoms with Crippen LogP contribution in [0.1, 0.15) is 55.2 Å². The monoisotopic (exact) mass is 878 g/mol. The third-order valence-electron chi connectivity index (χ3n) is 10.3. The number of nitrogens with zero attached hydrogens (tertiary/aromatic N) is 2. The van der Waals surface area contributed by atoms with Crippen LogP contribution in [0.15, 0.2) is 60.7 Å². The van der Waals surface area contributed by atoms with Gasteiger partial charge in [-0.25, -0.2) is 0 Å². The van der Waals surface area contributed by atoms with Crippen molar-refractivity contribution in [3.05, 3.63) is 82.9 Å². The molecular weight excluding hydrogens is 830 g/mol. The standard InChI is InChI=1S/2C13H14N.2C4H11NOSi.2ClH.In.Zr.3H/c2*1-2-6-12-11(5-1)7-8-13(12)14-9-3-4-10-14;2*1-7(2,3)4(5)6;;;;;;;/h2*1-2,5-8H,3-4,9-10H2;2*1-3H3,(H2,5,6);2*1H;;;;;/q;;;;;;;+4;;;/p-4. The number of carbonyl (C=O) groups is 2. The second-order valence-electron chi connectivity index (χ2n) is 15.8. The van der Waals surface area contributed by atoms with Crippen LogP contribution in [0.25, 0.3) is 11.4 Å². The third kappa shape index (κ3) is 6.01. The number of allylic oxidation sites excluding steroid dienone is 2. The SMILES string of the molecule is C[Si](C)(C)C(=O)[NH][Zr]([Cl])([Cl])([NH]C(=O)[Si](C)(C)C)([CH]1C=C(N2CCCC2)c2ccccc21)[CH]1C=C(N2CCCC2)c2ccccc21.[InH3]. The summed E-state index contributed by atoms with van der Waals surface area (Å²) >= 11 is -6.91. The molecule has 0 saturated carbocycles. The molecular formula is C34H51Cl2InN4O2Si2Zr. The van der Waals surface area contributed by atoms with Gasteiger partial charge in [-0.3, -0.25) is 0 Å². The van der Waals surface area contributed by atoms with E-state index in [1.54, 1.807) is 0 Å². The molecule has 2 N–H and O–H groups in total. The van der Waals surface area contributed by atoms with Gasteiger partial charge in [-0.1, -0.05) is 0 Å². The molecule has 2 aliphatic heterocycles. The van der Waals surface area contributed by atoms with Gasteiger partial charge in [-0.05, 0) is 0 Å². The van der Waals surface area contributed by atoms with Gasteiger partial charge in [0.1, 0.15) is 0 Å². The van der Waals surface area contributed by atoms with Gasteiger partial charge in [0.15, 0.2) is 0 Å². The zero-order valence-electron chi connectivity index (χ0n) is 27.6. The Morgan fingerprint density at radius 1 is 0.652 bits per heavy atom. The molecule has 0 bridgehead atoms. The zero-order valence-corrected chi connectivity index (χ0v) is 33.5. The van der Waals surface area contributed by atoms with Crippen molar-refractivity contribution in [2.75, 3.05) is 26.2 Å². The molecule has 2 fully saturated rings. The van der Waals surface area contributed by atoms with Gasteiger partial charge in [0.2, 0.25) is 0 Å². The van der Waals surface area contributed by atoms with Crippen LogP contribution in [0.2, 0.25) is 39.3 Å². The van der Waals surface area contributed by atoms with E-state index in [4.69, 9.17) is 17.0 Å². The predicted octanol–water partition coefficient (Wildman–Crippen LogP) is 7.81. The van der Waals surface area contributed by atoms with Crippen LogP contribution in [0.4, 0.5) is 9.59 Å². The van der Waals surface area contributed by atoms with Gasteiger partial charge >= 0.3 is 304 Å². The number of likely N-dealkylation sites (tertiary alicyclic amines) is 2. The van der Waals surface area contributed by atoms with Gasteiger partial charge in [-0.15, -0.1) is 0 Å². The molecule has 46 heavy (non-hydrogen) atoms. The fourth-order valence-electron chi connectivity index (χ4n) is 7.72. The Bertz CT molecular complexity index is 1520. The molecule has 0 aromatic heterocycles. The summed E-state index contributed by atoms with van der Waals surface area (Å²) in [6.07, 6.45) is 8.93. The van der Waals surface area contributed by atoms with Crippen molar-refractivity contribution in [3.8, 4) is 0 Å².